The normalized spacial score (nSPS) is 29.4. The van der Waals surface area contributed by atoms with Gasteiger partial charge < -0.3 is 13.3 Å². The fraction of sp³-hybridized carbons (Fsp3) is 1.00. The third-order valence-corrected chi connectivity index (χ3v) is 21.2. The van der Waals surface area contributed by atoms with Crippen molar-refractivity contribution in [3.05, 3.63) is 0 Å². The number of hydrogen-bond acceptors (Lipinski definition) is 3. The number of hydrogen-bond donors (Lipinski definition) is 0. The van der Waals surface area contributed by atoms with Crippen LogP contribution in [-0.4, -0.2) is 46.7 Å². The van der Waals surface area contributed by atoms with Crippen LogP contribution in [0.3, 0.4) is 0 Å². The van der Waals surface area contributed by atoms with Crippen LogP contribution >= 0.6 is 0 Å². The molecule has 6 heteroatoms. The van der Waals surface area contributed by atoms with Gasteiger partial charge in [0.15, 0.2) is 0 Å². The van der Waals surface area contributed by atoms with Crippen molar-refractivity contribution in [2.45, 2.75) is 6.04 Å². The van der Waals surface area contributed by atoms with Gasteiger partial charge in [0.25, 0.3) is 0 Å². The van der Waals surface area contributed by atoms with Gasteiger partial charge in [-0.3, -0.25) is 0 Å². The molecule has 0 saturated carbocycles. The van der Waals surface area contributed by atoms with E-state index in [0.717, 1.165) is 12.7 Å². The summed E-state index contributed by atoms with van der Waals surface area (Å²) in [6.45, 7) is 0.896. The quantitative estimate of drug-likeness (QED) is 0.497. The molecule has 0 aromatic heterocycles. The van der Waals surface area contributed by atoms with Crippen molar-refractivity contribution in [2.24, 2.45) is 0 Å². The van der Waals surface area contributed by atoms with E-state index in [1.54, 1.807) is 14.2 Å². The highest BCUT2D eigenvalue weighted by Gasteiger charge is 2.37. The Hall–Kier alpha value is 0.531. The summed E-state index contributed by atoms with van der Waals surface area (Å²) in [7, 11) is 1.79. The van der Waals surface area contributed by atoms with E-state index in [9.17, 15) is 0 Å². The van der Waals surface area contributed by atoms with Gasteiger partial charge in [-0.1, -0.05) is 0 Å². The van der Waals surface area contributed by atoms with Gasteiger partial charge in [0.05, 0.1) is 0 Å². The van der Waals surface area contributed by atoms with Crippen LogP contribution in [0.1, 0.15) is 0 Å². The molecular weight excluding hydrogens is 180 g/mol. The van der Waals surface area contributed by atoms with Gasteiger partial charge in [0, 0.05) is 26.9 Å². The van der Waals surface area contributed by atoms with Crippen molar-refractivity contribution in [1.29, 1.82) is 0 Å². The molecule has 0 atom stereocenters. The van der Waals surface area contributed by atoms with E-state index in [-0.39, 0.29) is 17.8 Å². The molecule has 0 amide bonds. The van der Waals surface area contributed by atoms with Crippen molar-refractivity contribution >= 4 is 25.9 Å². The van der Waals surface area contributed by atoms with Crippen LogP contribution in [0.25, 0.3) is 0 Å². The lowest BCUT2D eigenvalue weighted by molar-refractivity contribution is 0.246. The second-order valence-electron chi connectivity index (χ2n) is 2.43. The van der Waals surface area contributed by atoms with Crippen LogP contribution in [0.2, 0.25) is 6.04 Å². The van der Waals surface area contributed by atoms with E-state index < -0.39 is 8.08 Å². The van der Waals surface area contributed by atoms with Crippen LogP contribution in [0, 0.1) is 0 Å². The fourth-order valence-corrected chi connectivity index (χ4v) is 18.4. The van der Waals surface area contributed by atoms with E-state index in [1.807, 2.05) is 0 Å². The third kappa shape index (κ3) is 1.77. The van der Waals surface area contributed by atoms with Crippen molar-refractivity contribution in [3.8, 4) is 0 Å². The second-order valence-corrected chi connectivity index (χ2v) is 17.3. The maximum Gasteiger partial charge on any atom is 0.309 e. The molecule has 1 heterocycles. The summed E-state index contributed by atoms with van der Waals surface area (Å²) >= 11 is 0. The summed E-state index contributed by atoms with van der Waals surface area (Å²) in [4.78, 5) is 0. The van der Waals surface area contributed by atoms with Crippen LogP contribution in [-0.2, 0) is 13.3 Å². The molecule has 1 fully saturated rings. The SMILES string of the molecule is CO[Si]1(OC)CCO[SiH2][SiH2]1. The zero-order chi connectivity index (χ0) is 7.45. The zero-order valence-corrected chi connectivity index (χ0v) is 10.4. The second kappa shape index (κ2) is 3.79. The van der Waals surface area contributed by atoms with Gasteiger partial charge >= 0.3 is 8.08 Å². The minimum absolute atomic E-state index is 0.0733. The topological polar surface area (TPSA) is 27.7 Å². The molecule has 1 rings (SSSR count). The van der Waals surface area contributed by atoms with Gasteiger partial charge in [-0.2, -0.15) is 0 Å². The minimum Gasteiger partial charge on any atom is -0.428 e. The Morgan fingerprint density at radius 2 is 2.10 bits per heavy atom. The van der Waals surface area contributed by atoms with Crippen LogP contribution in [0.5, 0.6) is 0 Å². The molecule has 0 radical (unpaired) electrons. The molecule has 0 aromatic carbocycles. The van der Waals surface area contributed by atoms with Crippen molar-refractivity contribution < 1.29 is 13.3 Å². The highest BCUT2D eigenvalue weighted by atomic mass is 29.6. The molecule has 1 saturated heterocycles. The Morgan fingerprint density at radius 3 is 2.40 bits per heavy atom. The largest absolute Gasteiger partial charge is 0.428 e. The zero-order valence-electron chi connectivity index (χ0n) is 6.55. The molecule has 10 heavy (non-hydrogen) atoms. The van der Waals surface area contributed by atoms with Crippen LogP contribution in [0.15, 0.2) is 0 Å². The molecule has 0 aliphatic carbocycles. The lowest BCUT2D eigenvalue weighted by Gasteiger charge is -2.30. The lowest BCUT2D eigenvalue weighted by atomic mass is 10.9. The number of rotatable bonds is 2. The van der Waals surface area contributed by atoms with E-state index >= 15 is 0 Å². The summed E-state index contributed by atoms with van der Waals surface area (Å²) in [5.41, 5.74) is 0. The van der Waals surface area contributed by atoms with Crippen LogP contribution < -0.4 is 0 Å². The van der Waals surface area contributed by atoms with E-state index in [1.165, 1.54) is 0 Å². The van der Waals surface area contributed by atoms with E-state index in [2.05, 4.69) is 0 Å². The first kappa shape index (κ1) is 8.63. The molecule has 1 aliphatic rings. The highest BCUT2D eigenvalue weighted by Crippen LogP contribution is 2.12. The van der Waals surface area contributed by atoms with Gasteiger partial charge in [-0.05, 0) is 0 Å². The van der Waals surface area contributed by atoms with Gasteiger partial charge in [0.1, 0.15) is 17.8 Å². The summed E-state index contributed by atoms with van der Waals surface area (Å²) in [5.74, 6) is 0. The predicted molar refractivity (Wildman–Crippen MR) is 47.6 cm³/mol. The maximum atomic E-state index is 5.46. The van der Waals surface area contributed by atoms with Crippen LogP contribution in [0.4, 0.5) is 0 Å². The summed E-state index contributed by atoms with van der Waals surface area (Å²) in [6, 6.07) is 1.07. The standard InChI is InChI=1S/C4H14O3Si3/c1-5-10(6-2)4-3-7-8-9-10/h3-4,8-9H2,1-2H3. The van der Waals surface area contributed by atoms with E-state index in [0.29, 0.717) is 0 Å². The molecule has 0 spiro atoms. The highest BCUT2D eigenvalue weighted by molar-refractivity contribution is 7.38. The average molecular weight is 194 g/mol. The van der Waals surface area contributed by atoms with Crippen molar-refractivity contribution in [3.63, 3.8) is 0 Å². The Bertz CT molecular complexity index is 97.9. The first-order valence-electron chi connectivity index (χ1n) is 3.51. The summed E-state index contributed by atoms with van der Waals surface area (Å²) in [6.07, 6.45) is 0. The fourth-order valence-electron chi connectivity index (χ4n) is 1.17. The van der Waals surface area contributed by atoms with Gasteiger partial charge in [0.2, 0.25) is 0 Å². The first-order valence-corrected chi connectivity index (χ1v) is 12.4. The average Bonchev–Trinajstić information content (AvgIpc) is 2.06. The maximum absolute atomic E-state index is 5.46. The Morgan fingerprint density at radius 1 is 1.40 bits per heavy atom. The van der Waals surface area contributed by atoms with Gasteiger partial charge in [-0.25, -0.2) is 0 Å². The Balaban J connectivity index is 2.44. The molecule has 0 bridgehead atoms. The van der Waals surface area contributed by atoms with E-state index in [4.69, 9.17) is 13.3 Å². The molecule has 1 aliphatic heterocycles. The predicted octanol–water partition coefficient (Wildman–Crippen LogP) is -1.58. The first-order chi connectivity index (χ1) is 4.83. The molecular formula is C4H14O3Si3. The Kier molecular flexibility index (Phi) is 3.27. The monoisotopic (exact) mass is 194 g/mol. The summed E-state index contributed by atoms with van der Waals surface area (Å²) in [5, 5.41) is 0. The molecule has 0 N–H and O–H groups in total. The lowest BCUT2D eigenvalue weighted by Crippen LogP contribution is -2.54. The Labute approximate surface area is 66.6 Å². The van der Waals surface area contributed by atoms with Gasteiger partial charge in [-0.15, -0.1) is 0 Å². The van der Waals surface area contributed by atoms with Crippen molar-refractivity contribution in [2.75, 3.05) is 20.8 Å². The molecule has 3 nitrogen and oxygen atoms in total. The molecule has 0 aromatic rings. The summed E-state index contributed by atoms with van der Waals surface area (Å²) < 4.78 is 16.3. The smallest absolute Gasteiger partial charge is 0.309 e. The molecule has 60 valence electrons. The van der Waals surface area contributed by atoms with Crippen molar-refractivity contribution in [1.82, 2.24) is 0 Å². The minimum atomic E-state index is -1.55. The third-order valence-electron chi connectivity index (χ3n) is 2.00. The molecule has 0 unspecified atom stereocenters.